The molecular weight excluding hydrogens is 152 g/mol. The summed E-state index contributed by atoms with van der Waals surface area (Å²) in [5.74, 6) is -0.0569. The lowest BCUT2D eigenvalue weighted by atomic mass is 10.4. The molecule has 0 spiro atoms. The molecule has 0 aromatic heterocycles. The van der Waals surface area contributed by atoms with E-state index in [1.54, 1.807) is 11.8 Å². The van der Waals surface area contributed by atoms with Crippen molar-refractivity contribution >= 4 is 17.7 Å². The maximum absolute atomic E-state index is 10.2. The van der Waals surface area contributed by atoms with Crippen molar-refractivity contribution in [3.05, 3.63) is 0 Å². The van der Waals surface area contributed by atoms with Crippen molar-refractivity contribution in [2.45, 2.75) is 13.0 Å². The van der Waals surface area contributed by atoms with Crippen LogP contribution in [-0.4, -0.2) is 35.8 Å². The van der Waals surface area contributed by atoms with Gasteiger partial charge in [-0.15, -0.1) is 0 Å². The fourth-order valence-corrected chi connectivity index (χ4v) is 0.642. The molecule has 0 rings (SSSR count). The predicted molar refractivity (Wildman–Crippen MR) is 41.4 cm³/mol. The van der Waals surface area contributed by atoms with Gasteiger partial charge in [-0.3, -0.25) is 0 Å². The van der Waals surface area contributed by atoms with Crippen LogP contribution in [0.4, 0.5) is 0 Å². The Labute approximate surface area is 64.8 Å². The summed E-state index contributed by atoms with van der Waals surface area (Å²) in [7, 11) is 0. The largest absolute Gasteiger partial charge is 0.479 e. The van der Waals surface area contributed by atoms with Crippen LogP contribution in [0, 0.1) is 0 Å². The molecule has 0 bridgehead atoms. The molecular formula is C6H12O3S. The van der Waals surface area contributed by atoms with Gasteiger partial charge in [-0.05, 0) is 13.2 Å². The smallest absolute Gasteiger partial charge is 0.332 e. The normalized spacial score (nSPS) is 13.0. The molecule has 0 fully saturated rings. The van der Waals surface area contributed by atoms with E-state index in [-0.39, 0.29) is 0 Å². The number of carboxylic acid groups (broad SMARTS) is 1. The maximum Gasteiger partial charge on any atom is 0.332 e. The van der Waals surface area contributed by atoms with Gasteiger partial charge in [-0.1, -0.05) is 0 Å². The first-order valence-corrected chi connectivity index (χ1v) is 4.41. The first-order valence-electron chi connectivity index (χ1n) is 3.02. The van der Waals surface area contributed by atoms with Crippen LogP contribution in [0.5, 0.6) is 0 Å². The molecule has 0 aliphatic carbocycles. The van der Waals surface area contributed by atoms with E-state index in [9.17, 15) is 4.79 Å². The van der Waals surface area contributed by atoms with Gasteiger partial charge < -0.3 is 9.84 Å². The average Bonchev–Trinajstić information content (AvgIpc) is 1.88. The predicted octanol–water partition coefficient (Wildman–Crippen LogP) is 0.839. The third kappa shape index (κ3) is 4.64. The van der Waals surface area contributed by atoms with Crippen LogP contribution in [0.15, 0.2) is 0 Å². The highest BCUT2D eigenvalue weighted by Crippen LogP contribution is 1.94. The van der Waals surface area contributed by atoms with E-state index in [1.165, 1.54) is 6.92 Å². The maximum atomic E-state index is 10.2. The minimum Gasteiger partial charge on any atom is -0.479 e. The summed E-state index contributed by atoms with van der Waals surface area (Å²) in [5, 5.41) is 8.35. The van der Waals surface area contributed by atoms with Crippen LogP contribution in [0.3, 0.4) is 0 Å². The molecule has 10 heavy (non-hydrogen) atoms. The highest BCUT2D eigenvalue weighted by Gasteiger charge is 2.09. The summed E-state index contributed by atoms with van der Waals surface area (Å²) in [4.78, 5) is 10.2. The van der Waals surface area contributed by atoms with Gasteiger partial charge in [0.25, 0.3) is 0 Å². The van der Waals surface area contributed by atoms with Gasteiger partial charge in [0.2, 0.25) is 0 Å². The van der Waals surface area contributed by atoms with Crippen molar-refractivity contribution < 1.29 is 14.6 Å². The van der Waals surface area contributed by atoms with E-state index in [2.05, 4.69) is 0 Å². The van der Waals surface area contributed by atoms with E-state index in [0.29, 0.717) is 6.61 Å². The summed E-state index contributed by atoms with van der Waals surface area (Å²) in [5.41, 5.74) is 0. The number of hydrogen-bond donors (Lipinski definition) is 1. The van der Waals surface area contributed by atoms with Gasteiger partial charge in [-0.25, -0.2) is 4.79 Å². The zero-order chi connectivity index (χ0) is 7.98. The molecule has 0 radical (unpaired) electrons. The summed E-state index contributed by atoms with van der Waals surface area (Å²) in [6.45, 7) is 2.04. The molecule has 1 unspecified atom stereocenters. The summed E-state index contributed by atoms with van der Waals surface area (Å²) in [6.07, 6.45) is 1.28. The minimum atomic E-state index is -0.902. The number of ether oxygens (including phenoxy) is 1. The molecule has 3 nitrogen and oxygen atoms in total. The summed E-state index contributed by atoms with van der Waals surface area (Å²) < 4.78 is 4.92. The molecule has 4 heteroatoms. The van der Waals surface area contributed by atoms with Gasteiger partial charge in [0.05, 0.1) is 6.61 Å². The zero-order valence-electron chi connectivity index (χ0n) is 6.16. The van der Waals surface area contributed by atoms with Crippen molar-refractivity contribution in [1.29, 1.82) is 0 Å². The lowest BCUT2D eigenvalue weighted by molar-refractivity contribution is -0.148. The molecule has 0 saturated heterocycles. The lowest BCUT2D eigenvalue weighted by Crippen LogP contribution is -2.20. The fraction of sp³-hybridized carbons (Fsp3) is 0.833. The third-order valence-corrected chi connectivity index (χ3v) is 1.58. The first-order chi connectivity index (χ1) is 4.68. The van der Waals surface area contributed by atoms with Gasteiger partial charge >= 0.3 is 5.97 Å². The molecule has 0 aromatic rings. The highest BCUT2D eigenvalue weighted by atomic mass is 32.2. The molecule has 0 heterocycles. The fourth-order valence-electron chi connectivity index (χ4n) is 0.380. The Hall–Kier alpha value is -0.220. The van der Waals surface area contributed by atoms with Crippen LogP contribution in [-0.2, 0) is 9.53 Å². The van der Waals surface area contributed by atoms with Crippen molar-refractivity contribution in [2.24, 2.45) is 0 Å². The topological polar surface area (TPSA) is 46.5 Å². The quantitative estimate of drug-likeness (QED) is 0.612. The number of rotatable bonds is 5. The Kier molecular flexibility index (Phi) is 5.43. The number of thioether (sulfide) groups is 1. The zero-order valence-corrected chi connectivity index (χ0v) is 6.98. The standard InChI is InChI=1S/C6H12O3S/c1-5(6(7)8)9-3-4-10-2/h5H,3-4H2,1-2H3,(H,7,8). The van der Waals surface area contributed by atoms with Crippen molar-refractivity contribution in [1.82, 2.24) is 0 Å². The lowest BCUT2D eigenvalue weighted by Gasteiger charge is -2.05. The molecule has 0 aliphatic heterocycles. The second-order valence-corrected chi connectivity index (χ2v) is 2.83. The van der Waals surface area contributed by atoms with E-state index >= 15 is 0 Å². The van der Waals surface area contributed by atoms with E-state index in [1.807, 2.05) is 6.26 Å². The van der Waals surface area contributed by atoms with Gasteiger partial charge in [-0.2, -0.15) is 11.8 Å². The molecule has 0 aliphatic rings. The minimum absolute atomic E-state index is 0.509. The Balaban J connectivity index is 3.21. The van der Waals surface area contributed by atoms with Crippen LogP contribution in [0.2, 0.25) is 0 Å². The first kappa shape index (κ1) is 9.78. The molecule has 0 saturated carbocycles. The Morgan fingerprint density at radius 3 is 2.80 bits per heavy atom. The second kappa shape index (κ2) is 5.56. The monoisotopic (exact) mass is 164 g/mol. The number of hydrogen-bond acceptors (Lipinski definition) is 3. The molecule has 1 atom stereocenters. The van der Waals surface area contributed by atoms with Crippen LogP contribution in [0.25, 0.3) is 0 Å². The van der Waals surface area contributed by atoms with Crippen LogP contribution in [0.1, 0.15) is 6.92 Å². The molecule has 0 amide bonds. The average molecular weight is 164 g/mol. The third-order valence-electron chi connectivity index (χ3n) is 1.00. The molecule has 0 aromatic carbocycles. The second-order valence-electron chi connectivity index (χ2n) is 1.84. The van der Waals surface area contributed by atoms with Crippen molar-refractivity contribution in [3.63, 3.8) is 0 Å². The van der Waals surface area contributed by atoms with Gasteiger partial charge in [0, 0.05) is 5.75 Å². The Morgan fingerprint density at radius 1 is 1.80 bits per heavy atom. The SMILES string of the molecule is CSCCOC(C)C(=O)O. The summed E-state index contributed by atoms with van der Waals surface area (Å²) >= 11 is 1.64. The van der Waals surface area contributed by atoms with Gasteiger partial charge in [0.15, 0.2) is 6.10 Å². The summed E-state index contributed by atoms with van der Waals surface area (Å²) in [6, 6.07) is 0. The van der Waals surface area contributed by atoms with E-state index in [4.69, 9.17) is 9.84 Å². The number of carbonyl (C=O) groups is 1. The Morgan fingerprint density at radius 2 is 2.40 bits per heavy atom. The van der Waals surface area contributed by atoms with Crippen LogP contribution >= 0.6 is 11.8 Å². The van der Waals surface area contributed by atoms with Crippen molar-refractivity contribution in [2.75, 3.05) is 18.6 Å². The molecule has 1 N–H and O–H groups in total. The van der Waals surface area contributed by atoms with E-state index < -0.39 is 12.1 Å². The van der Waals surface area contributed by atoms with E-state index in [0.717, 1.165) is 5.75 Å². The van der Waals surface area contributed by atoms with Gasteiger partial charge in [0.1, 0.15) is 0 Å². The Bertz CT molecular complexity index is 105. The number of aliphatic carboxylic acids is 1. The molecule has 60 valence electrons. The number of carboxylic acids is 1. The highest BCUT2D eigenvalue weighted by molar-refractivity contribution is 7.98. The van der Waals surface area contributed by atoms with Crippen LogP contribution < -0.4 is 0 Å². The van der Waals surface area contributed by atoms with Crippen molar-refractivity contribution in [3.8, 4) is 0 Å².